The van der Waals surface area contributed by atoms with Crippen LogP contribution in [0.2, 0.25) is 0 Å². The summed E-state index contributed by atoms with van der Waals surface area (Å²) in [7, 11) is 0. The van der Waals surface area contributed by atoms with E-state index >= 15 is 0 Å². The number of rotatable bonds is 5. The summed E-state index contributed by atoms with van der Waals surface area (Å²) in [6, 6.07) is 1.45. The molecule has 1 aromatic rings. The van der Waals surface area contributed by atoms with Gasteiger partial charge in [0.25, 0.3) is 0 Å². The minimum absolute atomic E-state index is 0.115. The molecule has 2 unspecified atom stereocenters. The molecule has 1 fully saturated rings. The number of carbonyl (C=O) groups is 2. The molecule has 2 rings (SSSR count). The monoisotopic (exact) mass is 265 g/mol. The molecule has 0 amide bonds. The van der Waals surface area contributed by atoms with Crippen LogP contribution in [0.5, 0.6) is 0 Å². The molecule has 0 radical (unpaired) electrons. The maximum absolute atomic E-state index is 11.4. The first kappa shape index (κ1) is 13.8. The van der Waals surface area contributed by atoms with Crippen LogP contribution in [0.3, 0.4) is 0 Å². The van der Waals surface area contributed by atoms with E-state index < -0.39 is 5.97 Å². The normalized spacial score (nSPS) is 22.6. The van der Waals surface area contributed by atoms with Gasteiger partial charge in [0.05, 0.1) is 6.10 Å². The molecule has 5 heteroatoms. The number of ketones is 1. The fourth-order valence-electron chi connectivity index (χ4n) is 2.64. The molecule has 0 bridgehead atoms. The SMILES string of the molecule is CCC1OCCC1Cn1cc(C(C)=O)cc1C(=O)O. The Morgan fingerprint density at radius 3 is 2.84 bits per heavy atom. The summed E-state index contributed by atoms with van der Waals surface area (Å²) in [6.45, 7) is 4.83. The average molecular weight is 265 g/mol. The molecular formula is C14H19NO4. The maximum Gasteiger partial charge on any atom is 0.352 e. The minimum atomic E-state index is -1.00. The zero-order chi connectivity index (χ0) is 14.0. The lowest BCUT2D eigenvalue weighted by Gasteiger charge is -2.18. The number of Topliss-reactive ketones (excluding diaryl/α,β-unsaturated/α-hetero) is 1. The summed E-state index contributed by atoms with van der Waals surface area (Å²) >= 11 is 0. The molecule has 0 spiro atoms. The number of hydrogen-bond donors (Lipinski definition) is 1. The van der Waals surface area contributed by atoms with E-state index in [1.54, 1.807) is 10.8 Å². The van der Waals surface area contributed by atoms with Gasteiger partial charge in [-0.25, -0.2) is 4.79 Å². The quantitative estimate of drug-likeness (QED) is 0.829. The Morgan fingerprint density at radius 2 is 2.26 bits per heavy atom. The van der Waals surface area contributed by atoms with Crippen LogP contribution in [0, 0.1) is 5.92 Å². The van der Waals surface area contributed by atoms with Crippen LogP contribution >= 0.6 is 0 Å². The van der Waals surface area contributed by atoms with E-state index in [4.69, 9.17) is 4.74 Å². The van der Waals surface area contributed by atoms with Crippen molar-refractivity contribution < 1.29 is 19.4 Å². The Morgan fingerprint density at radius 1 is 1.53 bits per heavy atom. The van der Waals surface area contributed by atoms with Crippen LogP contribution < -0.4 is 0 Å². The lowest BCUT2D eigenvalue weighted by molar-refractivity contribution is 0.0673. The molecule has 2 heterocycles. The summed E-state index contributed by atoms with van der Waals surface area (Å²) in [6.07, 6.45) is 3.68. The third-order valence-electron chi connectivity index (χ3n) is 3.70. The Hall–Kier alpha value is -1.62. The summed E-state index contributed by atoms with van der Waals surface area (Å²) in [5, 5.41) is 9.19. The van der Waals surface area contributed by atoms with Gasteiger partial charge in [0.2, 0.25) is 0 Å². The van der Waals surface area contributed by atoms with Crippen LogP contribution in [0.4, 0.5) is 0 Å². The fourth-order valence-corrected chi connectivity index (χ4v) is 2.64. The van der Waals surface area contributed by atoms with Gasteiger partial charge in [-0.1, -0.05) is 6.92 Å². The molecule has 0 aromatic carbocycles. The number of carbonyl (C=O) groups excluding carboxylic acids is 1. The van der Waals surface area contributed by atoms with Crippen molar-refractivity contribution in [1.82, 2.24) is 4.57 Å². The molecule has 1 aliphatic heterocycles. The topological polar surface area (TPSA) is 68.5 Å². The van der Waals surface area contributed by atoms with Gasteiger partial charge in [0.1, 0.15) is 5.69 Å². The van der Waals surface area contributed by atoms with Gasteiger partial charge in [-0.05, 0) is 25.8 Å². The Kier molecular flexibility index (Phi) is 4.04. The predicted molar refractivity (Wildman–Crippen MR) is 69.5 cm³/mol. The van der Waals surface area contributed by atoms with Crippen molar-refractivity contribution in [2.75, 3.05) is 6.61 Å². The van der Waals surface area contributed by atoms with Crippen LogP contribution in [0.1, 0.15) is 47.5 Å². The highest BCUT2D eigenvalue weighted by Gasteiger charge is 2.28. The molecule has 19 heavy (non-hydrogen) atoms. The van der Waals surface area contributed by atoms with Gasteiger partial charge in [-0.15, -0.1) is 0 Å². The van der Waals surface area contributed by atoms with Gasteiger partial charge >= 0.3 is 5.97 Å². The van der Waals surface area contributed by atoms with Crippen LogP contribution in [-0.2, 0) is 11.3 Å². The highest BCUT2D eigenvalue weighted by molar-refractivity contribution is 5.97. The molecule has 1 N–H and O–H groups in total. The molecule has 5 nitrogen and oxygen atoms in total. The van der Waals surface area contributed by atoms with E-state index in [0.29, 0.717) is 18.0 Å². The lowest BCUT2D eigenvalue weighted by Crippen LogP contribution is -2.21. The second-order valence-corrected chi connectivity index (χ2v) is 4.99. The van der Waals surface area contributed by atoms with E-state index in [-0.39, 0.29) is 17.6 Å². The molecule has 104 valence electrons. The van der Waals surface area contributed by atoms with Gasteiger partial charge < -0.3 is 14.4 Å². The second kappa shape index (κ2) is 5.57. The number of nitrogens with zero attached hydrogens (tertiary/aromatic N) is 1. The van der Waals surface area contributed by atoms with Gasteiger partial charge in [0.15, 0.2) is 5.78 Å². The summed E-state index contributed by atoms with van der Waals surface area (Å²) in [4.78, 5) is 22.6. The molecular weight excluding hydrogens is 246 g/mol. The average Bonchev–Trinajstić information content (AvgIpc) is 2.95. The maximum atomic E-state index is 11.4. The molecule has 1 aliphatic rings. The van der Waals surface area contributed by atoms with Crippen molar-refractivity contribution in [2.45, 2.75) is 39.3 Å². The fraction of sp³-hybridized carbons (Fsp3) is 0.571. The van der Waals surface area contributed by atoms with E-state index in [1.807, 2.05) is 0 Å². The van der Waals surface area contributed by atoms with Crippen LogP contribution in [0.15, 0.2) is 12.3 Å². The predicted octanol–water partition coefficient (Wildman–Crippen LogP) is 2.20. The molecule has 0 saturated carbocycles. The molecule has 2 atom stereocenters. The molecule has 1 saturated heterocycles. The largest absolute Gasteiger partial charge is 0.477 e. The zero-order valence-corrected chi connectivity index (χ0v) is 11.3. The van der Waals surface area contributed by atoms with E-state index in [9.17, 15) is 14.7 Å². The van der Waals surface area contributed by atoms with E-state index in [2.05, 4.69) is 6.92 Å². The van der Waals surface area contributed by atoms with Gasteiger partial charge in [-0.2, -0.15) is 0 Å². The summed E-state index contributed by atoms with van der Waals surface area (Å²) in [5.74, 6) is -0.800. The van der Waals surface area contributed by atoms with E-state index in [1.165, 1.54) is 13.0 Å². The van der Waals surface area contributed by atoms with Crippen molar-refractivity contribution in [3.05, 3.63) is 23.5 Å². The first-order valence-electron chi connectivity index (χ1n) is 6.59. The zero-order valence-electron chi connectivity index (χ0n) is 11.3. The number of aromatic nitrogens is 1. The lowest BCUT2D eigenvalue weighted by atomic mass is 9.99. The number of ether oxygens (including phenoxy) is 1. The van der Waals surface area contributed by atoms with Crippen molar-refractivity contribution >= 4 is 11.8 Å². The number of carboxylic acid groups (broad SMARTS) is 1. The van der Waals surface area contributed by atoms with Crippen molar-refractivity contribution in [3.63, 3.8) is 0 Å². The molecule has 1 aromatic heterocycles. The minimum Gasteiger partial charge on any atom is -0.477 e. The first-order chi connectivity index (χ1) is 9.02. The Labute approximate surface area is 112 Å². The number of aromatic carboxylic acids is 1. The summed E-state index contributed by atoms with van der Waals surface area (Å²) in [5.41, 5.74) is 0.622. The Bertz CT molecular complexity index is 492. The smallest absolute Gasteiger partial charge is 0.352 e. The van der Waals surface area contributed by atoms with Crippen LogP contribution in [0.25, 0.3) is 0 Å². The second-order valence-electron chi connectivity index (χ2n) is 4.99. The third-order valence-corrected chi connectivity index (χ3v) is 3.70. The molecule has 0 aliphatic carbocycles. The van der Waals surface area contributed by atoms with E-state index in [0.717, 1.165) is 19.4 Å². The Balaban J connectivity index is 2.23. The van der Waals surface area contributed by atoms with Gasteiger partial charge in [0, 0.05) is 30.8 Å². The van der Waals surface area contributed by atoms with Crippen molar-refractivity contribution in [3.8, 4) is 0 Å². The first-order valence-corrected chi connectivity index (χ1v) is 6.59. The summed E-state index contributed by atoms with van der Waals surface area (Å²) < 4.78 is 7.28. The van der Waals surface area contributed by atoms with Crippen LogP contribution in [-0.4, -0.2) is 34.1 Å². The number of carboxylic acids is 1. The number of hydrogen-bond acceptors (Lipinski definition) is 3. The highest BCUT2D eigenvalue weighted by Crippen LogP contribution is 2.26. The van der Waals surface area contributed by atoms with Gasteiger partial charge in [-0.3, -0.25) is 4.79 Å². The standard InChI is InChI=1S/C14H19NO4/c1-3-13-10(4-5-19-13)7-15-8-11(9(2)16)6-12(15)14(17)18/h6,8,10,13H,3-5,7H2,1-2H3,(H,17,18). The highest BCUT2D eigenvalue weighted by atomic mass is 16.5. The van der Waals surface area contributed by atoms with Crippen molar-refractivity contribution in [2.24, 2.45) is 5.92 Å². The van der Waals surface area contributed by atoms with Crippen molar-refractivity contribution in [1.29, 1.82) is 0 Å². The third kappa shape index (κ3) is 2.87.